The smallest absolute Gasteiger partial charge is 0.261 e. The van der Waals surface area contributed by atoms with Crippen molar-refractivity contribution in [1.82, 2.24) is 14.9 Å². The average molecular weight is 411 g/mol. The highest BCUT2D eigenvalue weighted by Crippen LogP contribution is 2.23. The van der Waals surface area contributed by atoms with Crippen LogP contribution >= 0.6 is 0 Å². The van der Waals surface area contributed by atoms with Crippen molar-refractivity contribution in [3.05, 3.63) is 77.6 Å². The van der Waals surface area contributed by atoms with Gasteiger partial charge in [0, 0.05) is 46.3 Å². The van der Waals surface area contributed by atoms with Crippen LogP contribution < -0.4 is 11.1 Å². The molecule has 0 fully saturated rings. The zero-order valence-electron chi connectivity index (χ0n) is 16.8. The molecule has 4 rings (SSSR count). The molecule has 4 aromatic rings. The fourth-order valence-corrected chi connectivity index (χ4v) is 3.74. The minimum absolute atomic E-state index is 0.000838. The van der Waals surface area contributed by atoms with Gasteiger partial charge < -0.3 is 20.6 Å². The third-order valence-electron chi connectivity index (χ3n) is 5.17. The number of nitrogens with one attached hydrogen (secondary N) is 2. The number of aromatic amines is 1. The molecule has 0 spiro atoms. The van der Waals surface area contributed by atoms with Crippen LogP contribution in [0.25, 0.3) is 27.9 Å². The molecule has 7 nitrogen and oxygen atoms in total. The first-order valence-corrected chi connectivity index (χ1v) is 9.88. The molecule has 0 aliphatic heterocycles. The van der Waals surface area contributed by atoms with E-state index in [1.54, 1.807) is 16.8 Å². The maximum Gasteiger partial charge on any atom is 0.261 e. The molecular formula is C24H21N5O2. The lowest BCUT2D eigenvalue weighted by atomic mass is 10.1. The second-order valence-electron chi connectivity index (χ2n) is 7.23. The molecule has 7 heteroatoms. The van der Waals surface area contributed by atoms with E-state index in [-0.39, 0.29) is 12.1 Å². The van der Waals surface area contributed by atoms with Crippen molar-refractivity contribution in [2.24, 2.45) is 5.73 Å². The molecule has 0 bridgehead atoms. The number of para-hydroxylation sites is 2. The molecule has 0 atom stereocenters. The Morgan fingerprint density at radius 2 is 1.87 bits per heavy atom. The van der Waals surface area contributed by atoms with E-state index in [2.05, 4.69) is 10.3 Å². The second-order valence-corrected chi connectivity index (χ2v) is 7.23. The van der Waals surface area contributed by atoms with Gasteiger partial charge in [-0.05, 0) is 30.2 Å². The summed E-state index contributed by atoms with van der Waals surface area (Å²) < 4.78 is 1.72. The zero-order valence-corrected chi connectivity index (χ0v) is 16.8. The Morgan fingerprint density at radius 1 is 1.13 bits per heavy atom. The molecule has 2 amide bonds. The molecule has 2 heterocycles. The first-order chi connectivity index (χ1) is 15.1. The first-order valence-electron chi connectivity index (χ1n) is 9.88. The summed E-state index contributed by atoms with van der Waals surface area (Å²) in [5, 5.41) is 14.3. The van der Waals surface area contributed by atoms with Crippen LogP contribution in [0.5, 0.6) is 0 Å². The normalized spacial score (nSPS) is 11.5. The van der Waals surface area contributed by atoms with Gasteiger partial charge in [0.1, 0.15) is 18.2 Å². The summed E-state index contributed by atoms with van der Waals surface area (Å²) >= 11 is 0. The second kappa shape index (κ2) is 8.59. The van der Waals surface area contributed by atoms with Crippen molar-refractivity contribution in [2.75, 3.05) is 6.54 Å². The number of amides is 2. The van der Waals surface area contributed by atoms with Crippen LogP contribution in [0, 0.1) is 11.3 Å². The van der Waals surface area contributed by atoms with E-state index >= 15 is 0 Å². The summed E-state index contributed by atoms with van der Waals surface area (Å²) in [7, 11) is 0. The van der Waals surface area contributed by atoms with E-state index in [0.717, 1.165) is 27.4 Å². The number of carbonyl (C=O) groups excluding carboxylic acids is 2. The van der Waals surface area contributed by atoms with Gasteiger partial charge in [0.05, 0.1) is 0 Å². The Balaban J connectivity index is 1.51. The average Bonchev–Trinajstić information content (AvgIpc) is 3.33. The van der Waals surface area contributed by atoms with Crippen molar-refractivity contribution >= 4 is 39.7 Å². The van der Waals surface area contributed by atoms with Crippen LogP contribution in [0.15, 0.2) is 66.5 Å². The number of hydrogen-bond acceptors (Lipinski definition) is 3. The maximum atomic E-state index is 12.6. The Kier molecular flexibility index (Phi) is 5.54. The number of H-pyrrole nitrogens is 1. The lowest BCUT2D eigenvalue weighted by molar-refractivity contribution is -0.118. The fourth-order valence-electron chi connectivity index (χ4n) is 3.74. The molecule has 154 valence electrons. The number of aromatic nitrogens is 2. The third kappa shape index (κ3) is 4.19. The number of fused-ring (bicyclic) bond motifs is 2. The summed E-state index contributed by atoms with van der Waals surface area (Å²) in [6.45, 7) is 0.427. The number of nitriles is 1. The molecule has 0 aliphatic carbocycles. The van der Waals surface area contributed by atoms with Crippen molar-refractivity contribution in [2.45, 2.75) is 13.0 Å². The van der Waals surface area contributed by atoms with Crippen LogP contribution in [0.2, 0.25) is 0 Å². The predicted octanol–water partition coefficient (Wildman–Crippen LogP) is 2.87. The van der Waals surface area contributed by atoms with Crippen LogP contribution in [-0.4, -0.2) is 27.9 Å². The summed E-state index contributed by atoms with van der Waals surface area (Å²) in [6, 6.07) is 17.4. The zero-order chi connectivity index (χ0) is 21.8. The minimum Gasteiger partial charge on any atom is -0.368 e. The van der Waals surface area contributed by atoms with Crippen molar-refractivity contribution in [1.29, 1.82) is 5.26 Å². The molecule has 31 heavy (non-hydrogen) atoms. The van der Waals surface area contributed by atoms with Gasteiger partial charge in [-0.25, -0.2) is 0 Å². The molecule has 4 N–H and O–H groups in total. The van der Waals surface area contributed by atoms with Crippen molar-refractivity contribution in [3.63, 3.8) is 0 Å². The SMILES string of the molecule is N#C/C(=C\c1cn(CC(N)=O)c2ccccc12)C(=O)NCCc1c[nH]c2ccccc12. The lowest BCUT2D eigenvalue weighted by Gasteiger charge is -2.04. The van der Waals surface area contributed by atoms with E-state index in [1.165, 1.54) is 0 Å². The molecule has 0 aliphatic rings. The maximum absolute atomic E-state index is 12.6. The molecule has 0 saturated carbocycles. The number of nitrogens with two attached hydrogens (primary N) is 1. The largest absolute Gasteiger partial charge is 0.368 e. The van der Waals surface area contributed by atoms with Gasteiger partial charge in [-0.15, -0.1) is 0 Å². The third-order valence-corrected chi connectivity index (χ3v) is 5.17. The minimum atomic E-state index is -0.466. The van der Waals surface area contributed by atoms with Crippen LogP contribution in [0.3, 0.4) is 0 Å². The fraction of sp³-hybridized carbons (Fsp3) is 0.125. The summed E-state index contributed by atoms with van der Waals surface area (Å²) in [5.41, 5.74) is 8.98. The van der Waals surface area contributed by atoms with Crippen LogP contribution in [0.1, 0.15) is 11.1 Å². The topological polar surface area (TPSA) is 117 Å². The highest BCUT2D eigenvalue weighted by molar-refractivity contribution is 6.04. The summed E-state index contributed by atoms with van der Waals surface area (Å²) in [5.74, 6) is -0.902. The van der Waals surface area contributed by atoms with Gasteiger partial charge in [-0.2, -0.15) is 5.26 Å². The molecule has 0 radical (unpaired) electrons. The van der Waals surface area contributed by atoms with Crippen molar-refractivity contribution < 1.29 is 9.59 Å². The van der Waals surface area contributed by atoms with Crippen molar-refractivity contribution in [3.8, 4) is 6.07 Å². The van der Waals surface area contributed by atoms with Crippen LogP contribution in [0.4, 0.5) is 0 Å². The molecule has 0 unspecified atom stereocenters. The lowest BCUT2D eigenvalue weighted by Crippen LogP contribution is -2.26. The van der Waals surface area contributed by atoms with Crippen LogP contribution in [-0.2, 0) is 22.6 Å². The Morgan fingerprint density at radius 3 is 2.65 bits per heavy atom. The monoisotopic (exact) mass is 411 g/mol. The summed E-state index contributed by atoms with van der Waals surface area (Å²) in [6.07, 6.45) is 5.85. The number of carbonyl (C=O) groups is 2. The number of primary amides is 1. The first kappa shape index (κ1) is 20.0. The van der Waals surface area contributed by atoms with E-state index in [4.69, 9.17) is 5.73 Å². The standard InChI is InChI=1S/C24H21N5O2/c25-12-17(11-18-14-29(15-23(26)30)22-8-4-2-6-20(18)22)24(31)27-10-9-16-13-28-21-7-3-1-5-19(16)21/h1-8,11,13-14,28H,9-10,15H2,(H2,26,30)(H,27,31)/b17-11+. The van der Waals surface area contributed by atoms with Gasteiger partial charge in [-0.3, -0.25) is 9.59 Å². The van der Waals surface area contributed by atoms with E-state index in [0.29, 0.717) is 18.5 Å². The number of nitrogens with zero attached hydrogens (tertiary/aromatic N) is 2. The predicted molar refractivity (Wildman–Crippen MR) is 120 cm³/mol. The Hall–Kier alpha value is -4.31. The highest BCUT2D eigenvalue weighted by atomic mass is 16.2. The molecular weight excluding hydrogens is 390 g/mol. The molecule has 2 aromatic heterocycles. The number of hydrogen-bond donors (Lipinski definition) is 3. The van der Waals surface area contributed by atoms with Gasteiger partial charge in [0.25, 0.3) is 5.91 Å². The number of benzene rings is 2. The Labute approximate surface area is 178 Å². The van der Waals surface area contributed by atoms with Gasteiger partial charge in [0.15, 0.2) is 0 Å². The Bertz CT molecular complexity index is 1350. The highest BCUT2D eigenvalue weighted by Gasteiger charge is 2.13. The van der Waals surface area contributed by atoms with E-state index in [9.17, 15) is 14.9 Å². The van der Waals surface area contributed by atoms with Gasteiger partial charge >= 0.3 is 0 Å². The quantitative estimate of drug-likeness (QED) is 0.321. The molecule has 2 aromatic carbocycles. The van der Waals surface area contributed by atoms with Gasteiger partial charge in [-0.1, -0.05) is 36.4 Å². The van der Waals surface area contributed by atoms with Gasteiger partial charge in [0.2, 0.25) is 5.91 Å². The molecule has 0 saturated heterocycles. The summed E-state index contributed by atoms with van der Waals surface area (Å²) in [4.78, 5) is 27.2. The number of rotatable bonds is 7. The van der Waals surface area contributed by atoms with E-state index in [1.807, 2.05) is 60.8 Å². The van der Waals surface area contributed by atoms with E-state index < -0.39 is 11.8 Å².